The summed E-state index contributed by atoms with van der Waals surface area (Å²) in [5.41, 5.74) is 0.115. The molecule has 0 amide bonds. The van der Waals surface area contributed by atoms with Crippen molar-refractivity contribution < 1.29 is 17.9 Å². The van der Waals surface area contributed by atoms with Gasteiger partial charge < -0.3 is 4.74 Å². The van der Waals surface area contributed by atoms with Gasteiger partial charge in [-0.1, -0.05) is 6.07 Å². The van der Waals surface area contributed by atoms with Gasteiger partial charge in [0.1, 0.15) is 11.4 Å². The van der Waals surface area contributed by atoms with Crippen molar-refractivity contribution in [1.29, 1.82) is 0 Å². The SMILES string of the molecule is Cc1cn2nc(Oc3ccc4ccc(C(F)(F)F)nc4c3)sc2n1. The van der Waals surface area contributed by atoms with E-state index in [0.717, 1.165) is 11.8 Å². The highest BCUT2D eigenvalue weighted by atomic mass is 32.1. The van der Waals surface area contributed by atoms with Crippen LogP contribution in [0.2, 0.25) is 0 Å². The van der Waals surface area contributed by atoms with Crippen molar-refractivity contribution in [2.45, 2.75) is 13.1 Å². The summed E-state index contributed by atoms with van der Waals surface area (Å²) in [6.07, 6.45) is -2.72. The van der Waals surface area contributed by atoms with Crippen LogP contribution in [0.15, 0.2) is 36.5 Å². The standard InChI is InChI=1S/C15H9F3N4OS/c1-8-7-22-13(19-8)24-14(21-22)23-10-4-2-9-3-5-12(15(16,17)18)20-11(9)6-10/h2-7H,1H3. The highest BCUT2D eigenvalue weighted by Gasteiger charge is 2.32. The Labute approximate surface area is 137 Å². The van der Waals surface area contributed by atoms with Crippen molar-refractivity contribution in [3.8, 4) is 10.9 Å². The lowest BCUT2D eigenvalue weighted by Crippen LogP contribution is -2.07. The molecule has 0 spiro atoms. The molecule has 0 N–H and O–H groups in total. The first-order valence-corrected chi connectivity index (χ1v) is 7.69. The van der Waals surface area contributed by atoms with Gasteiger partial charge in [-0.05, 0) is 36.5 Å². The number of fused-ring (bicyclic) bond motifs is 2. The topological polar surface area (TPSA) is 52.3 Å². The zero-order chi connectivity index (χ0) is 16.9. The number of halogens is 3. The van der Waals surface area contributed by atoms with Crippen molar-refractivity contribution in [3.05, 3.63) is 47.9 Å². The molecule has 24 heavy (non-hydrogen) atoms. The van der Waals surface area contributed by atoms with Gasteiger partial charge in [-0.3, -0.25) is 0 Å². The van der Waals surface area contributed by atoms with Gasteiger partial charge in [0.2, 0.25) is 4.96 Å². The molecule has 3 heterocycles. The molecule has 4 rings (SSSR count). The number of pyridine rings is 1. The molecule has 0 aliphatic carbocycles. The van der Waals surface area contributed by atoms with Gasteiger partial charge in [-0.15, -0.1) is 5.10 Å². The first-order valence-electron chi connectivity index (χ1n) is 6.87. The Balaban J connectivity index is 1.69. The third-order valence-electron chi connectivity index (χ3n) is 3.30. The van der Waals surface area contributed by atoms with Crippen LogP contribution in [-0.4, -0.2) is 19.6 Å². The third kappa shape index (κ3) is 2.67. The van der Waals surface area contributed by atoms with Crippen LogP contribution in [0.25, 0.3) is 15.9 Å². The van der Waals surface area contributed by atoms with E-state index in [4.69, 9.17) is 4.74 Å². The van der Waals surface area contributed by atoms with Gasteiger partial charge in [0.05, 0.1) is 17.4 Å². The Kier molecular flexibility index (Phi) is 3.20. The Bertz CT molecular complexity index is 1020. The monoisotopic (exact) mass is 350 g/mol. The maximum Gasteiger partial charge on any atom is 0.433 e. The van der Waals surface area contributed by atoms with Crippen LogP contribution in [0.1, 0.15) is 11.4 Å². The Hall–Kier alpha value is -2.68. The number of hydrogen-bond donors (Lipinski definition) is 0. The molecule has 0 aliphatic heterocycles. The van der Waals surface area contributed by atoms with Crippen molar-refractivity contribution in [3.63, 3.8) is 0 Å². The summed E-state index contributed by atoms with van der Waals surface area (Å²) >= 11 is 1.24. The van der Waals surface area contributed by atoms with E-state index in [1.807, 2.05) is 6.92 Å². The third-order valence-corrected chi connectivity index (χ3v) is 4.10. The van der Waals surface area contributed by atoms with Gasteiger partial charge in [-0.25, -0.2) is 14.5 Å². The average Bonchev–Trinajstić information content (AvgIpc) is 3.02. The molecule has 122 valence electrons. The van der Waals surface area contributed by atoms with Crippen molar-refractivity contribution in [2.24, 2.45) is 0 Å². The van der Waals surface area contributed by atoms with E-state index in [1.54, 1.807) is 22.8 Å². The van der Waals surface area contributed by atoms with Crippen molar-refractivity contribution in [1.82, 2.24) is 19.6 Å². The fourth-order valence-corrected chi connectivity index (χ4v) is 3.05. The molecule has 9 heteroatoms. The quantitative estimate of drug-likeness (QED) is 0.536. The predicted octanol–water partition coefficient (Wildman–Crippen LogP) is 4.46. The van der Waals surface area contributed by atoms with E-state index in [2.05, 4.69) is 15.1 Å². The highest BCUT2D eigenvalue weighted by molar-refractivity contribution is 7.18. The zero-order valence-corrected chi connectivity index (χ0v) is 13.0. The number of hydrogen-bond acceptors (Lipinski definition) is 5. The van der Waals surface area contributed by atoms with Crippen LogP contribution in [0, 0.1) is 6.92 Å². The Morgan fingerprint density at radius 3 is 2.67 bits per heavy atom. The van der Waals surface area contributed by atoms with Crippen LogP contribution in [0.4, 0.5) is 13.2 Å². The number of imidazole rings is 1. The first kappa shape index (κ1) is 14.9. The van der Waals surface area contributed by atoms with Crippen LogP contribution in [0.5, 0.6) is 10.9 Å². The Morgan fingerprint density at radius 1 is 1.12 bits per heavy atom. The number of benzene rings is 1. The zero-order valence-electron chi connectivity index (χ0n) is 12.2. The summed E-state index contributed by atoms with van der Waals surface area (Å²) in [5.74, 6) is 0.364. The molecule has 0 unspecified atom stereocenters. The van der Waals surface area contributed by atoms with Gasteiger partial charge in [-0.2, -0.15) is 13.2 Å². The molecule has 0 saturated carbocycles. The predicted molar refractivity (Wildman–Crippen MR) is 82.4 cm³/mol. The van der Waals surface area contributed by atoms with Gasteiger partial charge in [0.25, 0.3) is 5.19 Å². The minimum atomic E-state index is -4.48. The second-order valence-corrected chi connectivity index (χ2v) is 6.05. The molecular weight excluding hydrogens is 341 g/mol. The second-order valence-electron chi connectivity index (χ2n) is 5.13. The first-order chi connectivity index (χ1) is 11.4. The average molecular weight is 350 g/mol. The summed E-state index contributed by atoms with van der Waals surface area (Å²) in [5, 5.41) is 5.16. The molecular formula is C15H9F3N4OS. The van der Waals surface area contributed by atoms with Crippen LogP contribution < -0.4 is 4.74 Å². The van der Waals surface area contributed by atoms with Crippen molar-refractivity contribution in [2.75, 3.05) is 0 Å². The highest BCUT2D eigenvalue weighted by Crippen LogP contribution is 2.31. The van der Waals surface area contributed by atoms with E-state index in [-0.39, 0.29) is 5.52 Å². The number of aryl methyl sites for hydroxylation is 1. The maximum absolute atomic E-state index is 12.8. The van der Waals surface area contributed by atoms with E-state index in [9.17, 15) is 13.2 Å². The summed E-state index contributed by atoms with van der Waals surface area (Å²) in [6, 6.07) is 7.11. The summed E-state index contributed by atoms with van der Waals surface area (Å²) in [7, 11) is 0. The van der Waals surface area contributed by atoms with E-state index in [0.29, 0.717) is 21.3 Å². The molecule has 0 atom stereocenters. The van der Waals surface area contributed by atoms with Crippen molar-refractivity contribution >= 4 is 27.2 Å². The number of nitrogens with zero attached hydrogens (tertiary/aromatic N) is 4. The molecule has 4 aromatic rings. The molecule has 0 aliphatic rings. The largest absolute Gasteiger partial charge is 0.433 e. The smallest absolute Gasteiger partial charge is 0.430 e. The molecule has 0 saturated heterocycles. The second kappa shape index (κ2) is 5.17. The number of alkyl halides is 3. The normalized spacial score (nSPS) is 12.2. The van der Waals surface area contributed by atoms with E-state index in [1.165, 1.54) is 23.5 Å². The maximum atomic E-state index is 12.8. The Morgan fingerprint density at radius 2 is 1.92 bits per heavy atom. The lowest BCUT2D eigenvalue weighted by Gasteiger charge is -2.07. The molecule has 0 radical (unpaired) electrons. The molecule has 5 nitrogen and oxygen atoms in total. The van der Waals surface area contributed by atoms with E-state index >= 15 is 0 Å². The lowest BCUT2D eigenvalue weighted by atomic mass is 10.2. The van der Waals surface area contributed by atoms with Crippen LogP contribution >= 0.6 is 11.3 Å². The van der Waals surface area contributed by atoms with Gasteiger partial charge in [0, 0.05) is 11.5 Å². The minimum absolute atomic E-state index is 0.208. The van der Waals surface area contributed by atoms with Crippen LogP contribution in [0.3, 0.4) is 0 Å². The lowest BCUT2D eigenvalue weighted by molar-refractivity contribution is -0.140. The summed E-state index contributed by atoms with van der Waals surface area (Å²) in [4.78, 5) is 8.60. The molecule has 3 aromatic heterocycles. The minimum Gasteiger partial charge on any atom is -0.430 e. The van der Waals surface area contributed by atoms with Crippen LogP contribution in [-0.2, 0) is 6.18 Å². The van der Waals surface area contributed by atoms with Gasteiger partial charge >= 0.3 is 6.18 Å². The summed E-state index contributed by atoms with van der Waals surface area (Å²) < 4.78 is 45.5. The molecule has 1 aromatic carbocycles. The number of ether oxygens (including phenoxy) is 1. The molecule has 0 fully saturated rings. The van der Waals surface area contributed by atoms with E-state index < -0.39 is 11.9 Å². The fraction of sp³-hybridized carbons (Fsp3) is 0.133. The fourth-order valence-electron chi connectivity index (χ4n) is 2.25. The van der Waals surface area contributed by atoms with Gasteiger partial charge in [0.15, 0.2) is 0 Å². The molecule has 0 bridgehead atoms. The number of rotatable bonds is 2. The summed E-state index contributed by atoms with van der Waals surface area (Å²) in [6.45, 7) is 1.86. The number of aromatic nitrogens is 4.